The zero-order valence-electron chi connectivity index (χ0n) is 25.5. The number of hydrazone groups is 1. The number of nitrogens with one attached hydrogen (secondary N) is 1. The van der Waals surface area contributed by atoms with Crippen LogP contribution in [0.4, 0.5) is 0 Å². The summed E-state index contributed by atoms with van der Waals surface area (Å²) in [5, 5.41) is 22.3. The normalized spacial score (nSPS) is 14.6. The fourth-order valence-corrected chi connectivity index (χ4v) is 6.41. The average Bonchev–Trinajstić information content (AvgIpc) is 3.72. The quantitative estimate of drug-likeness (QED) is 0.179. The van der Waals surface area contributed by atoms with Gasteiger partial charge in [0.1, 0.15) is 0 Å². The van der Waals surface area contributed by atoms with E-state index < -0.39 is 17.9 Å². The van der Waals surface area contributed by atoms with Crippen LogP contribution in [0.3, 0.4) is 0 Å². The number of carboxylic acid groups (broad SMARTS) is 1. The van der Waals surface area contributed by atoms with Gasteiger partial charge in [0.15, 0.2) is 0 Å². The minimum absolute atomic E-state index is 0.221. The lowest BCUT2D eigenvalue weighted by Crippen LogP contribution is -2.27. The topological polar surface area (TPSA) is 121 Å². The average molecular weight is 644 g/mol. The number of carboxylic acids is 1. The Labute approximate surface area is 274 Å². The molecule has 6 aromatic rings. The lowest BCUT2D eigenvalue weighted by atomic mass is 9.90. The number of aryl methyl sites for hydroxylation is 1. The number of hydrogen-bond donors (Lipinski definition) is 2. The fraction of sp³-hybridized carbons (Fsp3) is 0.162. The van der Waals surface area contributed by atoms with Crippen molar-refractivity contribution in [1.82, 2.24) is 19.8 Å². The molecule has 1 aliphatic heterocycles. The number of aliphatic carboxylic acids is 1. The molecule has 0 fully saturated rings. The molecule has 3 heterocycles. The maximum atomic E-state index is 13.8. The second-order valence-corrected chi connectivity index (χ2v) is 12.0. The third-order valence-corrected chi connectivity index (χ3v) is 8.79. The predicted molar refractivity (Wildman–Crippen MR) is 183 cm³/mol. The second-order valence-electron chi connectivity index (χ2n) is 11.5. The molecule has 1 atom stereocenters. The van der Waals surface area contributed by atoms with E-state index in [2.05, 4.69) is 16.1 Å². The van der Waals surface area contributed by atoms with E-state index in [1.54, 1.807) is 12.1 Å². The van der Waals surface area contributed by atoms with Crippen LogP contribution in [-0.2, 0) is 16.1 Å². The van der Waals surface area contributed by atoms with Crippen LogP contribution in [0.1, 0.15) is 43.4 Å². The fourth-order valence-electron chi connectivity index (χ4n) is 6.24. The summed E-state index contributed by atoms with van der Waals surface area (Å²) in [6, 6.07) is 28.3. The van der Waals surface area contributed by atoms with E-state index in [9.17, 15) is 19.5 Å². The summed E-state index contributed by atoms with van der Waals surface area (Å²) >= 11 is 6.42. The third kappa shape index (κ3) is 5.81. The highest BCUT2D eigenvalue weighted by Crippen LogP contribution is 2.38. The summed E-state index contributed by atoms with van der Waals surface area (Å²) in [6.45, 7) is 2.84. The van der Waals surface area contributed by atoms with Gasteiger partial charge in [-0.1, -0.05) is 72.3 Å². The van der Waals surface area contributed by atoms with Crippen molar-refractivity contribution >= 4 is 51.0 Å². The Morgan fingerprint density at radius 2 is 1.68 bits per heavy atom. The first-order chi connectivity index (χ1) is 22.8. The van der Waals surface area contributed by atoms with Crippen molar-refractivity contribution in [3.05, 3.63) is 124 Å². The SMILES string of the molecule is CCn1cc2cc(-c3ccc(C4CC(c5c(-c6ccccc6)c6cc(Cl)ccc6[nH]c5=O)=NN4C(=O)CCC(=O)O)cc3)ccc2n1. The van der Waals surface area contributed by atoms with Crippen LogP contribution in [0.2, 0.25) is 5.02 Å². The van der Waals surface area contributed by atoms with Gasteiger partial charge < -0.3 is 10.1 Å². The monoisotopic (exact) mass is 643 g/mol. The Morgan fingerprint density at radius 1 is 0.915 bits per heavy atom. The number of pyridine rings is 1. The molecule has 0 spiro atoms. The van der Waals surface area contributed by atoms with E-state index in [1.165, 1.54) is 5.01 Å². The van der Waals surface area contributed by atoms with Gasteiger partial charge in [0, 0.05) is 52.5 Å². The molecule has 47 heavy (non-hydrogen) atoms. The zero-order valence-corrected chi connectivity index (χ0v) is 26.2. The number of halogens is 1. The predicted octanol–water partition coefficient (Wildman–Crippen LogP) is 7.43. The molecule has 1 aliphatic rings. The van der Waals surface area contributed by atoms with E-state index in [0.29, 0.717) is 27.4 Å². The zero-order chi connectivity index (χ0) is 32.7. The van der Waals surface area contributed by atoms with Crippen LogP contribution in [0.15, 0.2) is 107 Å². The van der Waals surface area contributed by atoms with E-state index in [4.69, 9.17) is 16.7 Å². The molecule has 9 nitrogen and oxygen atoms in total. The Kier molecular flexibility index (Phi) is 7.91. The Morgan fingerprint density at radius 3 is 2.43 bits per heavy atom. The number of rotatable bonds is 8. The highest BCUT2D eigenvalue weighted by molar-refractivity contribution is 6.31. The smallest absolute Gasteiger partial charge is 0.303 e. The number of nitrogens with zero attached hydrogens (tertiary/aromatic N) is 4. The molecule has 0 saturated heterocycles. The van der Waals surface area contributed by atoms with Gasteiger partial charge in [-0.25, -0.2) is 5.01 Å². The first-order valence-corrected chi connectivity index (χ1v) is 15.8. The van der Waals surface area contributed by atoms with Crippen LogP contribution in [0, 0.1) is 0 Å². The van der Waals surface area contributed by atoms with Crippen LogP contribution in [0.25, 0.3) is 44.1 Å². The maximum absolute atomic E-state index is 13.8. The minimum atomic E-state index is -1.07. The number of aromatic nitrogens is 3. The molecule has 4 aromatic carbocycles. The standard InChI is InChI=1S/C37H30ClN5O4/c1-2-42-21-26-18-25(12-14-29(26)40-42)22-8-10-23(11-9-22)32-20-31(41-43(32)33(44)16-17-34(45)46)36-35(24-6-4-3-5-7-24)28-19-27(38)13-15-30(28)39-37(36)47/h3-15,18-19,21,32H,2,16-17,20H2,1H3,(H,39,47)(H,45,46). The molecule has 1 unspecified atom stereocenters. The van der Waals surface area contributed by atoms with E-state index >= 15 is 0 Å². The lowest BCUT2D eigenvalue weighted by molar-refractivity contribution is -0.141. The van der Waals surface area contributed by atoms with Crippen molar-refractivity contribution in [2.75, 3.05) is 0 Å². The number of carbonyl (C=O) groups is 2. The van der Waals surface area contributed by atoms with Crippen molar-refractivity contribution < 1.29 is 14.7 Å². The summed E-state index contributed by atoms with van der Waals surface area (Å²) in [6.07, 6.45) is 1.74. The molecule has 0 saturated carbocycles. The summed E-state index contributed by atoms with van der Waals surface area (Å²) in [5.74, 6) is -1.50. The Hall–Kier alpha value is -5.54. The lowest BCUT2D eigenvalue weighted by Gasteiger charge is -2.22. The summed E-state index contributed by atoms with van der Waals surface area (Å²) in [5.41, 5.74) is 6.32. The van der Waals surface area contributed by atoms with Gasteiger partial charge in [0.05, 0.1) is 29.3 Å². The molecule has 0 bridgehead atoms. The molecule has 234 valence electrons. The third-order valence-electron chi connectivity index (χ3n) is 8.55. The number of carbonyl (C=O) groups excluding carboxylic acids is 1. The van der Waals surface area contributed by atoms with E-state index in [1.807, 2.05) is 90.6 Å². The van der Waals surface area contributed by atoms with Crippen LogP contribution >= 0.6 is 11.6 Å². The van der Waals surface area contributed by atoms with E-state index in [-0.39, 0.29) is 24.8 Å². The van der Waals surface area contributed by atoms with Crippen molar-refractivity contribution in [3.63, 3.8) is 0 Å². The van der Waals surface area contributed by atoms with Gasteiger partial charge in [-0.15, -0.1) is 0 Å². The van der Waals surface area contributed by atoms with Crippen molar-refractivity contribution in [2.24, 2.45) is 5.10 Å². The van der Waals surface area contributed by atoms with Crippen molar-refractivity contribution in [2.45, 2.75) is 38.8 Å². The van der Waals surface area contributed by atoms with Gasteiger partial charge in [-0.2, -0.15) is 10.2 Å². The van der Waals surface area contributed by atoms with E-state index in [0.717, 1.165) is 45.1 Å². The first-order valence-electron chi connectivity index (χ1n) is 15.4. The number of H-pyrrole nitrogens is 1. The number of fused-ring (bicyclic) bond motifs is 2. The number of hydrogen-bond acceptors (Lipinski definition) is 5. The van der Waals surface area contributed by atoms with Crippen LogP contribution in [0.5, 0.6) is 0 Å². The second kappa shape index (κ2) is 12.3. The molecular weight excluding hydrogens is 614 g/mol. The van der Waals surface area contributed by atoms with Crippen molar-refractivity contribution in [3.8, 4) is 22.3 Å². The Bertz CT molecular complexity index is 2260. The first kappa shape index (κ1) is 30.1. The molecule has 2 N–H and O–H groups in total. The largest absolute Gasteiger partial charge is 0.481 e. The highest BCUT2D eigenvalue weighted by atomic mass is 35.5. The van der Waals surface area contributed by atoms with Gasteiger partial charge in [0.25, 0.3) is 5.56 Å². The van der Waals surface area contributed by atoms with Crippen LogP contribution in [-0.4, -0.2) is 42.5 Å². The number of amides is 1. The molecule has 0 radical (unpaired) electrons. The maximum Gasteiger partial charge on any atom is 0.303 e. The van der Waals surface area contributed by atoms with Gasteiger partial charge >= 0.3 is 5.97 Å². The molecule has 1 amide bonds. The summed E-state index contributed by atoms with van der Waals surface area (Å²) in [7, 11) is 0. The number of benzene rings is 4. The minimum Gasteiger partial charge on any atom is -0.481 e. The van der Waals surface area contributed by atoms with Gasteiger partial charge in [-0.05, 0) is 59.5 Å². The molecular formula is C37H30ClN5O4. The molecule has 2 aromatic heterocycles. The highest BCUT2D eigenvalue weighted by Gasteiger charge is 2.35. The molecule has 0 aliphatic carbocycles. The van der Waals surface area contributed by atoms with Gasteiger partial charge in [-0.3, -0.25) is 19.1 Å². The summed E-state index contributed by atoms with van der Waals surface area (Å²) in [4.78, 5) is 41.6. The van der Waals surface area contributed by atoms with Crippen LogP contribution < -0.4 is 5.56 Å². The van der Waals surface area contributed by atoms with Crippen molar-refractivity contribution in [1.29, 1.82) is 0 Å². The van der Waals surface area contributed by atoms with Gasteiger partial charge in [0.2, 0.25) is 5.91 Å². The molecule has 10 heteroatoms. The Balaban J connectivity index is 1.30. The molecule has 7 rings (SSSR count). The summed E-state index contributed by atoms with van der Waals surface area (Å²) < 4.78 is 1.91. The number of aromatic amines is 1.